The van der Waals surface area contributed by atoms with E-state index < -0.39 is 5.92 Å². The zero-order valence-electron chi connectivity index (χ0n) is 12.2. The van der Waals surface area contributed by atoms with Gasteiger partial charge in [0.2, 0.25) is 5.92 Å². The van der Waals surface area contributed by atoms with Crippen LogP contribution in [0.5, 0.6) is 0 Å². The fraction of sp³-hybridized carbons (Fsp3) is 0.933. The van der Waals surface area contributed by atoms with Gasteiger partial charge in [-0.1, -0.05) is 0 Å². The summed E-state index contributed by atoms with van der Waals surface area (Å²) in [6.07, 6.45) is 5.00. The Morgan fingerprint density at radius 2 is 1.75 bits per heavy atom. The number of nitrogens with one attached hydrogen (secondary N) is 1. The summed E-state index contributed by atoms with van der Waals surface area (Å²) in [6.45, 7) is 0.893. The molecular weight excluding hydrogens is 264 g/mol. The molecule has 0 amide bonds. The molecule has 2 rings (SSSR count). The molecule has 1 N–H and O–H groups in total. The molecule has 0 radical (unpaired) electrons. The monoisotopic (exact) mass is 289 g/mol. The first-order valence-electron chi connectivity index (χ1n) is 7.69. The summed E-state index contributed by atoms with van der Waals surface area (Å²) >= 11 is 0. The summed E-state index contributed by atoms with van der Waals surface area (Å²) in [5.74, 6) is -1.91. The fourth-order valence-corrected chi connectivity index (χ4v) is 3.35. The van der Waals surface area contributed by atoms with Gasteiger partial charge in [-0.2, -0.15) is 0 Å². The SMILES string of the molecule is COC(=O)C1CCC(CNC2CCC(F)(F)CC2)CC1. The maximum Gasteiger partial charge on any atom is 0.308 e. The molecule has 0 aromatic carbocycles. The largest absolute Gasteiger partial charge is 0.469 e. The van der Waals surface area contributed by atoms with Gasteiger partial charge in [-0.15, -0.1) is 0 Å². The minimum Gasteiger partial charge on any atom is -0.469 e. The van der Waals surface area contributed by atoms with Crippen molar-refractivity contribution in [2.24, 2.45) is 11.8 Å². The van der Waals surface area contributed by atoms with Gasteiger partial charge < -0.3 is 10.1 Å². The van der Waals surface area contributed by atoms with Gasteiger partial charge in [0, 0.05) is 18.9 Å². The Balaban J connectivity index is 1.63. The van der Waals surface area contributed by atoms with Crippen LogP contribution in [0, 0.1) is 11.8 Å². The van der Waals surface area contributed by atoms with Crippen molar-refractivity contribution in [1.29, 1.82) is 0 Å². The molecule has 0 aliphatic heterocycles. The number of esters is 1. The van der Waals surface area contributed by atoms with E-state index in [0.717, 1.165) is 32.2 Å². The predicted molar refractivity (Wildman–Crippen MR) is 72.7 cm³/mol. The third kappa shape index (κ3) is 4.40. The molecule has 5 heteroatoms. The molecule has 0 aromatic heterocycles. The van der Waals surface area contributed by atoms with Crippen LogP contribution >= 0.6 is 0 Å². The van der Waals surface area contributed by atoms with E-state index >= 15 is 0 Å². The van der Waals surface area contributed by atoms with Gasteiger partial charge in [-0.3, -0.25) is 4.79 Å². The van der Waals surface area contributed by atoms with Crippen molar-refractivity contribution in [3.05, 3.63) is 0 Å². The third-order valence-corrected chi connectivity index (χ3v) is 4.79. The summed E-state index contributed by atoms with van der Waals surface area (Å²) in [7, 11) is 1.44. The van der Waals surface area contributed by atoms with Crippen LogP contribution in [0.15, 0.2) is 0 Å². The van der Waals surface area contributed by atoms with Crippen molar-refractivity contribution in [2.75, 3.05) is 13.7 Å². The molecule has 0 aromatic rings. The lowest BCUT2D eigenvalue weighted by Crippen LogP contribution is -2.40. The van der Waals surface area contributed by atoms with E-state index in [1.807, 2.05) is 0 Å². The number of carbonyl (C=O) groups is 1. The number of methoxy groups -OCH3 is 1. The number of rotatable bonds is 4. The van der Waals surface area contributed by atoms with Crippen LogP contribution < -0.4 is 5.32 Å². The van der Waals surface area contributed by atoms with Crippen LogP contribution in [-0.4, -0.2) is 31.6 Å². The standard InChI is InChI=1S/C15H25F2NO2/c1-20-14(19)12-4-2-11(3-5-12)10-18-13-6-8-15(16,17)9-7-13/h11-13,18H,2-10H2,1H3. The van der Waals surface area contributed by atoms with Crippen molar-refractivity contribution in [2.45, 2.75) is 63.3 Å². The summed E-state index contributed by atoms with van der Waals surface area (Å²) in [4.78, 5) is 11.4. The first-order chi connectivity index (χ1) is 9.50. The molecule has 2 aliphatic rings. The second kappa shape index (κ2) is 6.83. The van der Waals surface area contributed by atoms with Gasteiger partial charge in [-0.05, 0) is 51.0 Å². The van der Waals surface area contributed by atoms with Gasteiger partial charge in [0.05, 0.1) is 13.0 Å². The van der Waals surface area contributed by atoms with E-state index in [1.165, 1.54) is 7.11 Å². The first-order valence-corrected chi connectivity index (χ1v) is 7.69. The second-order valence-electron chi connectivity index (χ2n) is 6.28. The highest BCUT2D eigenvalue weighted by Gasteiger charge is 2.35. The second-order valence-corrected chi connectivity index (χ2v) is 6.28. The van der Waals surface area contributed by atoms with Crippen LogP contribution in [0.25, 0.3) is 0 Å². The maximum absolute atomic E-state index is 13.1. The molecule has 0 unspecified atom stereocenters. The molecule has 20 heavy (non-hydrogen) atoms. The number of ether oxygens (including phenoxy) is 1. The Morgan fingerprint density at radius 1 is 1.15 bits per heavy atom. The van der Waals surface area contributed by atoms with Gasteiger partial charge in [0.15, 0.2) is 0 Å². The lowest BCUT2D eigenvalue weighted by atomic mass is 9.81. The average Bonchev–Trinajstić information content (AvgIpc) is 2.46. The Morgan fingerprint density at radius 3 is 2.30 bits per heavy atom. The van der Waals surface area contributed by atoms with Crippen LogP contribution in [0.3, 0.4) is 0 Å². The highest BCUT2D eigenvalue weighted by molar-refractivity contribution is 5.72. The number of alkyl halides is 2. The smallest absolute Gasteiger partial charge is 0.308 e. The van der Waals surface area contributed by atoms with Crippen LogP contribution in [0.2, 0.25) is 0 Å². The molecule has 2 aliphatic carbocycles. The fourth-order valence-electron chi connectivity index (χ4n) is 3.35. The third-order valence-electron chi connectivity index (χ3n) is 4.79. The quantitative estimate of drug-likeness (QED) is 0.808. The van der Waals surface area contributed by atoms with Crippen molar-refractivity contribution < 1.29 is 18.3 Å². The molecule has 0 spiro atoms. The zero-order valence-corrected chi connectivity index (χ0v) is 12.2. The molecule has 0 saturated heterocycles. The number of hydrogen-bond acceptors (Lipinski definition) is 3. The van der Waals surface area contributed by atoms with Gasteiger partial charge in [0.25, 0.3) is 0 Å². The van der Waals surface area contributed by atoms with Crippen molar-refractivity contribution >= 4 is 5.97 Å². The number of carbonyl (C=O) groups excluding carboxylic acids is 1. The van der Waals surface area contributed by atoms with E-state index in [4.69, 9.17) is 4.74 Å². The normalized spacial score (nSPS) is 30.9. The minimum absolute atomic E-state index is 0.0136. The summed E-state index contributed by atoms with van der Waals surface area (Å²) in [5.41, 5.74) is 0. The van der Waals surface area contributed by atoms with E-state index in [0.29, 0.717) is 18.8 Å². The van der Waals surface area contributed by atoms with Crippen molar-refractivity contribution in [1.82, 2.24) is 5.32 Å². The highest BCUT2D eigenvalue weighted by Crippen LogP contribution is 2.34. The van der Waals surface area contributed by atoms with E-state index in [2.05, 4.69) is 5.32 Å². The average molecular weight is 289 g/mol. The van der Waals surface area contributed by atoms with Crippen molar-refractivity contribution in [3.63, 3.8) is 0 Å². The zero-order chi connectivity index (χ0) is 14.6. The Labute approximate surface area is 119 Å². The summed E-state index contributed by atoms with van der Waals surface area (Å²) < 4.78 is 30.9. The number of hydrogen-bond donors (Lipinski definition) is 1. The first kappa shape index (κ1) is 15.7. The van der Waals surface area contributed by atoms with Crippen molar-refractivity contribution in [3.8, 4) is 0 Å². The molecule has 2 saturated carbocycles. The van der Waals surface area contributed by atoms with E-state index in [9.17, 15) is 13.6 Å². The van der Waals surface area contributed by atoms with E-state index in [-0.39, 0.29) is 30.8 Å². The van der Waals surface area contributed by atoms with Gasteiger partial charge >= 0.3 is 5.97 Å². The molecule has 0 bridgehead atoms. The molecule has 2 fully saturated rings. The predicted octanol–water partition coefficient (Wildman–Crippen LogP) is 3.13. The van der Waals surface area contributed by atoms with Gasteiger partial charge in [0.1, 0.15) is 0 Å². The van der Waals surface area contributed by atoms with Crippen LogP contribution in [-0.2, 0) is 9.53 Å². The number of halogens is 2. The Hall–Kier alpha value is -0.710. The Bertz CT molecular complexity index is 318. The maximum atomic E-state index is 13.1. The molecule has 116 valence electrons. The molecular formula is C15H25F2NO2. The topological polar surface area (TPSA) is 38.3 Å². The lowest BCUT2D eigenvalue weighted by Gasteiger charge is -2.32. The summed E-state index contributed by atoms with van der Waals surface area (Å²) in [5, 5.41) is 3.44. The molecule has 0 atom stereocenters. The summed E-state index contributed by atoms with van der Waals surface area (Å²) in [6, 6.07) is 0.243. The minimum atomic E-state index is -2.45. The highest BCUT2D eigenvalue weighted by atomic mass is 19.3. The van der Waals surface area contributed by atoms with Crippen LogP contribution in [0.1, 0.15) is 51.4 Å². The Kier molecular flexibility index (Phi) is 5.35. The van der Waals surface area contributed by atoms with Gasteiger partial charge in [-0.25, -0.2) is 8.78 Å². The molecule has 3 nitrogen and oxygen atoms in total. The van der Waals surface area contributed by atoms with E-state index in [1.54, 1.807) is 0 Å². The lowest BCUT2D eigenvalue weighted by molar-refractivity contribution is -0.146. The van der Waals surface area contributed by atoms with Crippen LogP contribution in [0.4, 0.5) is 8.78 Å². The molecule has 0 heterocycles.